The number of hydrogen-bond donors (Lipinski definition) is 0. The molecule has 1 amide bonds. The van der Waals surface area contributed by atoms with Crippen LogP contribution in [0.15, 0.2) is 12.3 Å². The molecular weight excluding hydrogens is 242 g/mol. The van der Waals surface area contributed by atoms with E-state index in [2.05, 4.69) is 10.00 Å². The number of hydrogen-bond acceptors (Lipinski definition) is 3. The number of amides is 1. The number of aromatic nitrogens is 2. The third kappa shape index (κ3) is 2.39. The summed E-state index contributed by atoms with van der Waals surface area (Å²) in [5.41, 5.74) is 1.15. The van der Waals surface area contributed by atoms with E-state index in [1.165, 1.54) is 6.42 Å². The number of carbonyl (C=O) groups excluding carboxylic acids is 1. The summed E-state index contributed by atoms with van der Waals surface area (Å²) in [6.45, 7) is 2.18. The van der Waals surface area contributed by atoms with Crippen LogP contribution >= 0.6 is 0 Å². The van der Waals surface area contributed by atoms with Crippen molar-refractivity contribution in [3.8, 4) is 0 Å². The van der Waals surface area contributed by atoms with Crippen LogP contribution in [-0.2, 0) is 16.6 Å². The number of aryl methyl sites for hydroxylation is 1. The van der Waals surface area contributed by atoms with E-state index >= 15 is 0 Å². The van der Waals surface area contributed by atoms with Crippen LogP contribution in [0.25, 0.3) is 0 Å². The molecule has 0 radical (unpaired) electrons. The van der Waals surface area contributed by atoms with Crippen LogP contribution < -0.4 is 0 Å². The normalized spacial score (nSPS) is 27.7. The van der Waals surface area contributed by atoms with E-state index in [0.717, 1.165) is 38.1 Å². The Kier molecular flexibility index (Phi) is 3.55. The molecule has 0 spiro atoms. The van der Waals surface area contributed by atoms with Gasteiger partial charge in [0.25, 0.3) is 0 Å². The van der Waals surface area contributed by atoms with Crippen LogP contribution in [0.3, 0.4) is 0 Å². The Hall–Kier alpha value is -1.36. The maximum Gasteiger partial charge on any atom is 0.228 e. The minimum absolute atomic E-state index is 0.0637. The molecule has 5 nitrogen and oxygen atoms in total. The first-order valence-corrected chi connectivity index (χ1v) is 7.13. The summed E-state index contributed by atoms with van der Waals surface area (Å²) in [7, 11) is 1.95. The van der Waals surface area contributed by atoms with Gasteiger partial charge in [-0.25, -0.2) is 0 Å². The Balaban J connectivity index is 1.81. The summed E-state index contributed by atoms with van der Waals surface area (Å²) in [6.07, 6.45) is 6.01. The van der Waals surface area contributed by atoms with Crippen LogP contribution in [0.1, 0.15) is 37.4 Å². The number of ether oxygens (including phenoxy) is 1. The van der Waals surface area contributed by atoms with Crippen molar-refractivity contribution in [2.75, 3.05) is 19.8 Å². The Morgan fingerprint density at radius 2 is 2.32 bits per heavy atom. The molecule has 2 unspecified atom stereocenters. The highest BCUT2D eigenvalue weighted by Gasteiger charge is 2.35. The van der Waals surface area contributed by atoms with Crippen LogP contribution in [0.2, 0.25) is 0 Å². The van der Waals surface area contributed by atoms with Gasteiger partial charge < -0.3 is 9.64 Å². The number of rotatable bonds is 2. The van der Waals surface area contributed by atoms with Gasteiger partial charge in [0.15, 0.2) is 0 Å². The minimum Gasteiger partial charge on any atom is -0.381 e. The van der Waals surface area contributed by atoms with Gasteiger partial charge in [0.05, 0.1) is 24.3 Å². The van der Waals surface area contributed by atoms with Crippen LogP contribution in [-0.4, -0.2) is 40.3 Å². The third-order valence-corrected chi connectivity index (χ3v) is 4.27. The van der Waals surface area contributed by atoms with Gasteiger partial charge >= 0.3 is 0 Å². The molecular formula is C14H21N3O2. The molecule has 1 aromatic rings. The Labute approximate surface area is 113 Å². The molecule has 0 N–H and O–H groups in total. The SMILES string of the molecule is Cn1nccc1C1CCCCN1C(=O)C1CCOC1. The molecule has 2 saturated heterocycles. The zero-order chi connectivity index (χ0) is 13.2. The first kappa shape index (κ1) is 12.7. The quantitative estimate of drug-likeness (QED) is 0.812. The zero-order valence-electron chi connectivity index (χ0n) is 11.4. The second-order valence-corrected chi connectivity index (χ2v) is 5.48. The molecule has 2 aliphatic heterocycles. The summed E-state index contributed by atoms with van der Waals surface area (Å²) in [4.78, 5) is 14.7. The third-order valence-electron chi connectivity index (χ3n) is 4.27. The van der Waals surface area contributed by atoms with Gasteiger partial charge in [-0.15, -0.1) is 0 Å². The first-order chi connectivity index (χ1) is 9.27. The summed E-state index contributed by atoms with van der Waals surface area (Å²) in [5.74, 6) is 0.331. The van der Waals surface area contributed by atoms with E-state index in [-0.39, 0.29) is 17.9 Å². The van der Waals surface area contributed by atoms with Gasteiger partial charge in [-0.05, 0) is 31.7 Å². The van der Waals surface area contributed by atoms with Crippen molar-refractivity contribution < 1.29 is 9.53 Å². The summed E-state index contributed by atoms with van der Waals surface area (Å²) in [5, 5.41) is 4.24. The predicted octanol–water partition coefficient (Wildman–Crippen LogP) is 1.51. The molecule has 2 aliphatic rings. The van der Waals surface area contributed by atoms with Gasteiger partial charge in [0.1, 0.15) is 0 Å². The lowest BCUT2D eigenvalue weighted by molar-refractivity contribution is -0.139. The van der Waals surface area contributed by atoms with Crippen molar-refractivity contribution in [1.29, 1.82) is 0 Å². The van der Waals surface area contributed by atoms with E-state index in [1.807, 2.05) is 24.0 Å². The largest absolute Gasteiger partial charge is 0.381 e. The maximum atomic E-state index is 12.6. The fourth-order valence-corrected chi connectivity index (χ4v) is 3.18. The van der Waals surface area contributed by atoms with Crippen LogP contribution in [0, 0.1) is 5.92 Å². The van der Waals surface area contributed by atoms with Gasteiger partial charge in [0, 0.05) is 26.4 Å². The number of carbonyl (C=O) groups is 1. The van der Waals surface area contributed by atoms with Crippen molar-refractivity contribution in [1.82, 2.24) is 14.7 Å². The van der Waals surface area contributed by atoms with Crippen molar-refractivity contribution in [3.05, 3.63) is 18.0 Å². The minimum atomic E-state index is 0.0637. The average Bonchev–Trinajstić information content (AvgIpc) is 3.09. The van der Waals surface area contributed by atoms with Gasteiger partial charge in [-0.2, -0.15) is 5.10 Å². The zero-order valence-corrected chi connectivity index (χ0v) is 11.4. The van der Waals surface area contributed by atoms with E-state index in [1.54, 1.807) is 0 Å². The Bertz CT molecular complexity index is 451. The highest BCUT2D eigenvalue weighted by atomic mass is 16.5. The topological polar surface area (TPSA) is 47.4 Å². The molecule has 104 valence electrons. The molecule has 3 rings (SSSR count). The van der Waals surface area contributed by atoms with Crippen molar-refractivity contribution in [3.63, 3.8) is 0 Å². The fraction of sp³-hybridized carbons (Fsp3) is 0.714. The molecule has 0 aromatic carbocycles. The molecule has 0 bridgehead atoms. The molecule has 5 heteroatoms. The molecule has 19 heavy (non-hydrogen) atoms. The molecule has 1 aromatic heterocycles. The van der Waals surface area contributed by atoms with E-state index < -0.39 is 0 Å². The lowest BCUT2D eigenvalue weighted by Crippen LogP contribution is -2.42. The summed E-state index contributed by atoms with van der Waals surface area (Å²) < 4.78 is 7.24. The molecule has 2 fully saturated rings. The lowest BCUT2D eigenvalue weighted by Gasteiger charge is -2.37. The maximum absolute atomic E-state index is 12.6. The van der Waals surface area contributed by atoms with Gasteiger partial charge in [-0.3, -0.25) is 9.48 Å². The highest BCUT2D eigenvalue weighted by Crippen LogP contribution is 2.32. The summed E-state index contributed by atoms with van der Waals surface area (Å²) >= 11 is 0. The molecule has 0 saturated carbocycles. The lowest BCUT2D eigenvalue weighted by atomic mass is 9.96. The van der Waals surface area contributed by atoms with Crippen LogP contribution in [0.4, 0.5) is 0 Å². The van der Waals surface area contributed by atoms with E-state index in [4.69, 9.17) is 4.74 Å². The molecule has 3 heterocycles. The van der Waals surface area contributed by atoms with E-state index in [0.29, 0.717) is 6.61 Å². The highest BCUT2D eigenvalue weighted by molar-refractivity contribution is 5.79. The fourth-order valence-electron chi connectivity index (χ4n) is 3.18. The van der Waals surface area contributed by atoms with E-state index in [9.17, 15) is 4.79 Å². The van der Waals surface area contributed by atoms with Crippen LogP contribution in [0.5, 0.6) is 0 Å². The van der Waals surface area contributed by atoms with Gasteiger partial charge in [-0.1, -0.05) is 0 Å². The Morgan fingerprint density at radius 3 is 3.00 bits per heavy atom. The summed E-state index contributed by atoms with van der Waals surface area (Å²) in [6, 6.07) is 2.22. The first-order valence-electron chi connectivity index (χ1n) is 7.13. The van der Waals surface area contributed by atoms with Crippen molar-refractivity contribution in [2.45, 2.75) is 31.7 Å². The second-order valence-electron chi connectivity index (χ2n) is 5.48. The smallest absolute Gasteiger partial charge is 0.228 e. The second kappa shape index (κ2) is 5.33. The average molecular weight is 263 g/mol. The molecule has 2 atom stereocenters. The van der Waals surface area contributed by atoms with Gasteiger partial charge in [0.2, 0.25) is 5.91 Å². The Morgan fingerprint density at radius 1 is 1.42 bits per heavy atom. The number of likely N-dealkylation sites (tertiary alicyclic amines) is 1. The number of nitrogens with zero attached hydrogens (tertiary/aromatic N) is 3. The van der Waals surface area contributed by atoms with Crippen molar-refractivity contribution >= 4 is 5.91 Å². The predicted molar refractivity (Wildman–Crippen MR) is 70.4 cm³/mol. The standard InChI is InChI=1S/C14H21N3O2/c1-16-12(5-7-15-16)13-4-2-3-8-17(13)14(18)11-6-9-19-10-11/h5,7,11,13H,2-4,6,8-10H2,1H3. The monoisotopic (exact) mass is 263 g/mol. The number of piperidine rings is 1. The molecule has 0 aliphatic carbocycles. The van der Waals surface area contributed by atoms with Crippen molar-refractivity contribution in [2.24, 2.45) is 13.0 Å².